The lowest BCUT2D eigenvalue weighted by Gasteiger charge is -2.13. The van der Waals surface area contributed by atoms with E-state index in [4.69, 9.17) is 0 Å². The van der Waals surface area contributed by atoms with Crippen LogP contribution in [0, 0.1) is 20.8 Å². The summed E-state index contributed by atoms with van der Waals surface area (Å²) in [4.78, 5) is 0. The lowest BCUT2D eigenvalue weighted by Crippen LogP contribution is -2.05. The number of nitrogens with one attached hydrogen (secondary N) is 1. The molecule has 0 atom stereocenters. The summed E-state index contributed by atoms with van der Waals surface area (Å²) in [5.74, 6) is 0. The van der Waals surface area contributed by atoms with Crippen LogP contribution in [0.1, 0.15) is 29.2 Å². The smallest absolute Gasteiger partial charge is 0.0403 e. The SMILES string of the molecule is C/C=C(\CNc1ccc(C)cc1C)c1ccc(C)cc1. The van der Waals surface area contributed by atoms with Gasteiger partial charge in [-0.2, -0.15) is 0 Å². The topological polar surface area (TPSA) is 12.0 Å². The van der Waals surface area contributed by atoms with Gasteiger partial charge in [-0.1, -0.05) is 53.6 Å². The molecule has 0 saturated carbocycles. The molecule has 0 saturated heterocycles. The summed E-state index contributed by atoms with van der Waals surface area (Å²) >= 11 is 0. The van der Waals surface area contributed by atoms with E-state index < -0.39 is 0 Å². The number of benzene rings is 2. The maximum Gasteiger partial charge on any atom is 0.0403 e. The number of anilines is 1. The first-order valence-electron chi connectivity index (χ1n) is 7.13. The molecule has 2 rings (SSSR count). The average Bonchev–Trinajstić information content (AvgIpc) is 2.43. The highest BCUT2D eigenvalue weighted by atomic mass is 14.9. The second-order valence-electron chi connectivity index (χ2n) is 5.35. The fraction of sp³-hybridized carbons (Fsp3) is 0.263. The van der Waals surface area contributed by atoms with Crippen LogP contribution in [0.25, 0.3) is 5.57 Å². The van der Waals surface area contributed by atoms with Crippen LogP contribution in [0.3, 0.4) is 0 Å². The third-order valence-electron chi connectivity index (χ3n) is 3.62. The van der Waals surface area contributed by atoms with Gasteiger partial charge in [0.25, 0.3) is 0 Å². The van der Waals surface area contributed by atoms with E-state index in [1.807, 2.05) is 0 Å². The summed E-state index contributed by atoms with van der Waals surface area (Å²) < 4.78 is 0. The summed E-state index contributed by atoms with van der Waals surface area (Å²) in [6.45, 7) is 9.34. The molecule has 0 heterocycles. The van der Waals surface area contributed by atoms with Gasteiger partial charge in [0.2, 0.25) is 0 Å². The first-order valence-corrected chi connectivity index (χ1v) is 7.13. The van der Waals surface area contributed by atoms with Crippen molar-refractivity contribution in [2.45, 2.75) is 27.7 Å². The van der Waals surface area contributed by atoms with Crippen molar-refractivity contribution in [1.82, 2.24) is 0 Å². The molecule has 0 aliphatic carbocycles. The third kappa shape index (κ3) is 3.51. The third-order valence-corrected chi connectivity index (χ3v) is 3.62. The Hall–Kier alpha value is -2.02. The molecule has 2 aromatic carbocycles. The van der Waals surface area contributed by atoms with Gasteiger partial charge in [0, 0.05) is 12.2 Å². The van der Waals surface area contributed by atoms with Crippen molar-refractivity contribution in [1.29, 1.82) is 0 Å². The molecule has 0 fully saturated rings. The molecular formula is C19H23N. The van der Waals surface area contributed by atoms with Crippen LogP contribution in [0.15, 0.2) is 48.5 Å². The Morgan fingerprint density at radius 3 is 2.20 bits per heavy atom. The standard InChI is InChI=1S/C19H23N/c1-5-17(18-9-6-14(2)7-10-18)13-20-19-11-8-15(3)12-16(19)4/h5-12,20H,13H2,1-4H3/b17-5+. The van der Waals surface area contributed by atoms with Crippen molar-refractivity contribution in [3.63, 3.8) is 0 Å². The minimum absolute atomic E-state index is 0.851. The molecule has 1 nitrogen and oxygen atoms in total. The quantitative estimate of drug-likeness (QED) is 0.808. The molecule has 2 aromatic rings. The van der Waals surface area contributed by atoms with E-state index in [2.05, 4.69) is 81.6 Å². The van der Waals surface area contributed by atoms with Gasteiger partial charge in [0.1, 0.15) is 0 Å². The fourth-order valence-corrected chi connectivity index (χ4v) is 2.34. The number of rotatable bonds is 4. The molecule has 0 bridgehead atoms. The minimum Gasteiger partial charge on any atom is -0.381 e. The van der Waals surface area contributed by atoms with E-state index in [1.54, 1.807) is 0 Å². The number of hydrogen-bond acceptors (Lipinski definition) is 1. The van der Waals surface area contributed by atoms with E-state index in [0.29, 0.717) is 0 Å². The average molecular weight is 265 g/mol. The first-order chi connectivity index (χ1) is 9.60. The van der Waals surface area contributed by atoms with Crippen LogP contribution in [0.4, 0.5) is 5.69 Å². The van der Waals surface area contributed by atoms with Gasteiger partial charge < -0.3 is 5.32 Å². The lowest BCUT2D eigenvalue weighted by molar-refractivity contribution is 1.28. The Balaban J connectivity index is 2.10. The van der Waals surface area contributed by atoms with Gasteiger partial charge >= 0.3 is 0 Å². The van der Waals surface area contributed by atoms with Crippen molar-refractivity contribution in [3.05, 3.63) is 70.8 Å². The Labute approximate surface area is 122 Å². The van der Waals surface area contributed by atoms with E-state index in [1.165, 1.54) is 33.5 Å². The predicted molar refractivity (Wildman–Crippen MR) is 89.2 cm³/mol. The molecule has 0 amide bonds. The Kier molecular flexibility index (Phi) is 4.62. The first kappa shape index (κ1) is 14.4. The molecule has 1 N–H and O–H groups in total. The van der Waals surface area contributed by atoms with Gasteiger partial charge in [0.05, 0.1) is 0 Å². The van der Waals surface area contributed by atoms with Crippen LogP contribution in [-0.2, 0) is 0 Å². The molecule has 0 aliphatic rings. The predicted octanol–water partition coefficient (Wildman–Crippen LogP) is 5.13. The number of allylic oxidation sites excluding steroid dienone is 1. The van der Waals surface area contributed by atoms with Crippen molar-refractivity contribution < 1.29 is 0 Å². The summed E-state index contributed by atoms with van der Waals surface area (Å²) in [6, 6.07) is 15.2. The van der Waals surface area contributed by atoms with Gasteiger partial charge in [0.15, 0.2) is 0 Å². The molecule has 0 aromatic heterocycles. The summed E-state index contributed by atoms with van der Waals surface area (Å²) in [6.07, 6.45) is 2.18. The van der Waals surface area contributed by atoms with Crippen molar-refractivity contribution >= 4 is 11.3 Å². The van der Waals surface area contributed by atoms with E-state index >= 15 is 0 Å². The van der Waals surface area contributed by atoms with Crippen LogP contribution >= 0.6 is 0 Å². The molecule has 0 aliphatic heterocycles. The van der Waals surface area contributed by atoms with Crippen molar-refractivity contribution in [2.75, 3.05) is 11.9 Å². The minimum atomic E-state index is 0.851. The van der Waals surface area contributed by atoms with E-state index in [0.717, 1.165) is 6.54 Å². The molecule has 20 heavy (non-hydrogen) atoms. The summed E-state index contributed by atoms with van der Waals surface area (Å²) in [5.41, 5.74) is 7.72. The Morgan fingerprint density at radius 1 is 0.950 bits per heavy atom. The van der Waals surface area contributed by atoms with Gasteiger partial charge in [-0.3, -0.25) is 0 Å². The molecule has 0 spiro atoms. The van der Waals surface area contributed by atoms with Crippen LogP contribution in [0.5, 0.6) is 0 Å². The zero-order chi connectivity index (χ0) is 14.5. The van der Waals surface area contributed by atoms with E-state index in [9.17, 15) is 0 Å². The highest BCUT2D eigenvalue weighted by Crippen LogP contribution is 2.19. The zero-order valence-corrected chi connectivity index (χ0v) is 12.8. The zero-order valence-electron chi connectivity index (χ0n) is 12.8. The highest BCUT2D eigenvalue weighted by Gasteiger charge is 2.02. The van der Waals surface area contributed by atoms with Crippen molar-refractivity contribution in [2.24, 2.45) is 0 Å². The van der Waals surface area contributed by atoms with Crippen molar-refractivity contribution in [3.8, 4) is 0 Å². The van der Waals surface area contributed by atoms with Crippen LogP contribution in [-0.4, -0.2) is 6.54 Å². The second-order valence-corrected chi connectivity index (χ2v) is 5.35. The normalized spacial score (nSPS) is 11.5. The second kappa shape index (κ2) is 6.42. The lowest BCUT2D eigenvalue weighted by atomic mass is 10.0. The molecular weight excluding hydrogens is 242 g/mol. The number of aryl methyl sites for hydroxylation is 3. The highest BCUT2D eigenvalue weighted by molar-refractivity contribution is 5.70. The van der Waals surface area contributed by atoms with Gasteiger partial charge in [-0.15, -0.1) is 0 Å². The maximum atomic E-state index is 3.54. The molecule has 1 heteroatoms. The fourth-order valence-electron chi connectivity index (χ4n) is 2.34. The Bertz CT molecular complexity index is 606. The summed E-state index contributed by atoms with van der Waals surface area (Å²) in [7, 11) is 0. The Morgan fingerprint density at radius 2 is 1.60 bits per heavy atom. The summed E-state index contributed by atoms with van der Waals surface area (Å²) in [5, 5.41) is 3.54. The van der Waals surface area contributed by atoms with Gasteiger partial charge in [-0.25, -0.2) is 0 Å². The van der Waals surface area contributed by atoms with Crippen LogP contribution < -0.4 is 5.32 Å². The maximum absolute atomic E-state index is 3.54. The number of hydrogen-bond donors (Lipinski definition) is 1. The van der Waals surface area contributed by atoms with Gasteiger partial charge in [-0.05, 0) is 50.5 Å². The largest absolute Gasteiger partial charge is 0.381 e. The molecule has 104 valence electrons. The molecule has 0 unspecified atom stereocenters. The molecule has 0 radical (unpaired) electrons. The van der Waals surface area contributed by atoms with E-state index in [-0.39, 0.29) is 0 Å². The monoisotopic (exact) mass is 265 g/mol. The van der Waals surface area contributed by atoms with Crippen LogP contribution in [0.2, 0.25) is 0 Å².